The minimum atomic E-state index is 0. The lowest BCUT2D eigenvalue weighted by Crippen LogP contribution is -2.42. The van der Waals surface area contributed by atoms with Gasteiger partial charge in [-0.3, -0.25) is 4.99 Å². The van der Waals surface area contributed by atoms with Gasteiger partial charge in [0, 0.05) is 18.0 Å². The predicted octanol–water partition coefficient (Wildman–Crippen LogP) is 3.55. The molecular weight excluding hydrogens is 433 g/mol. The van der Waals surface area contributed by atoms with Crippen LogP contribution in [0.4, 0.5) is 0 Å². The van der Waals surface area contributed by atoms with Crippen LogP contribution >= 0.6 is 35.3 Å². The third kappa shape index (κ3) is 8.62. The van der Waals surface area contributed by atoms with E-state index in [1.54, 1.807) is 11.3 Å². The van der Waals surface area contributed by atoms with E-state index in [4.69, 9.17) is 0 Å². The Morgan fingerprint density at radius 2 is 1.96 bits per heavy atom. The van der Waals surface area contributed by atoms with E-state index in [0.29, 0.717) is 6.04 Å². The molecule has 0 aliphatic carbocycles. The van der Waals surface area contributed by atoms with Crippen molar-refractivity contribution >= 4 is 41.3 Å². The van der Waals surface area contributed by atoms with Crippen molar-refractivity contribution in [1.82, 2.24) is 20.5 Å². The van der Waals surface area contributed by atoms with Crippen molar-refractivity contribution in [2.24, 2.45) is 4.99 Å². The van der Waals surface area contributed by atoms with Crippen LogP contribution in [0.2, 0.25) is 0 Å². The summed E-state index contributed by atoms with van der Waals surface area (Å²) in [6, 6.07) is 0.418. The SMILES string of the molecule is CCN(CC)CCCC(C)NC(=NC)NCc1sc(C)nc1C.I. The number of thiazole rings is 1. The van der Waals surface area contributed by atoms with Crippen LogP contribution in [0.5, 0.6) is 0 Å². The zero-order valence-corrected chi connectivity index (χ0v) is 19.1. The van der Waals surface area contributed by atoms with E-state index in [9.17, 15) is 0 Å². The average molecular weight is 467 g/mol. The van der Waals surface area contributed by atoms with E-state index in [2.05, 4.69) is 53.2 Å². The maximum atomic E-state index is 4.46. The third-order valence-electron chi connectivity index (χ3n) is 4.03. The molecule has 1 aromatic rings. The van der Waals surface area contributed by atoms with Gasteiger partial charge >= 0.3 is 0 Å². The van der Waals surface area contributed by atoms with Crippen LogP contribution in [0.25, 0.3) is 0 Å². The maximum Gasteiger partial charge on any atom is 0.191 e. The van der Waals surface area contributed by atoms with Gasteiger partial charge in [0.25, 0.3) is 0 Å². The Morgan fingerprint density at radius 1 is 1.29 bits per heavy atom. The summed E-state index contributed by atoms with van der Waals surface area (Å²) >= 11 is 1.75. The van der Waals surface area contributed by atoms with Gasteiger partial charge < -0.3 is 15.5 Å². The summed E-state index contributed by atoms with van der Waals surface area (Å²) in [5, 5.41) is 7.99. The Labute approximate surface area is 168 Å². The summed E-state index contributed by atoms with van der Waals surface area (Å²) in [7, 11) is 1.82. The Bertz CT molecular complexity index is 485. The zero-order chi connectivity index (χ0) is 17.2. The number of nitrogens with zero attached hydrogens (tertiary/aromatic N) is 3. The van der Waals surface area contributed by atoms with E-state index in [1.165, 1.54) is 17.8 Å². The van der Waals surface area contributed by atoms with Crippen molar-refractivity contribution in [3.05, 3.63) is 15.6 Å². The number of aryl methyl sites for hydroxylation is 2. The molecule has 2 N–H and O–H groups in total. The van der Waals surface area contributed by atoms with Crippen LogP contribution in [0, 0.1) is 13.8 Å². The van der Waals surface area contributed by atoms with E-state index in [-0.39, 0.29) is 24.0 Å². The fraction of sp³-hybridized carbons (Fsp3) is 0.765. The summed E-state index contributed by atoms with van der Waals surface area (Å²) in [4.78, 5) is 12.5. The Kier molecular flexibility index (Phi) is 12.7. The van der Waals surface area contributed by atoms with E-state index < -0.39 is 0 Å². The first kappa shape index (κ1) is 23.6. The van der Waals surface area contributed by atoms with Gasteiger partial charge in [-0.05, 0) is 53.2 Å². The molecule has 140 valence electrons. The van der Waals surface area contributed by atoms with Gasteiger partial charge in [0.15, 0.2) is 5.96 Å². The summed E-state index contributed by atoms with van der Waals surface area (Å²) in [5.74, 6) is 0.866. The fourth-order valence-electron chi connectivity index (χ4n) is 2.56. The second kappa shape index (κ2) is 12.9. The van der Waals surface area contributed by atoms with Crippen molar-refractivity contribution in [2.45, 2.75) is 60.0 Å². The van der Waals surface area contributed by atoms with E-state index in [1.807, 2.05) is 14.0 Å². The van der Waals surface area contributed by atoms with Crippen LogP contribution < -0.4 is 10.6 Å². The van der Waals surface area contributed by atoms with E-state index in [0.717, 1.165) is 42.7 Å². The molecule has 0 bridgehead atoms. The first-order valence-corrected chi connectivity index (χ1v) is 9.44. The second-order valence-corrected chi connectivity index (χ2v) is 7.17. The van der Waals surface area contributed by atoms with Gasteiger partial charge in [-0.1, -0.05) is 13.8 Å². The number of halogens is 1. The van der Waals surface area contributed by atoms with Crippen LogP contribution in [-0.2, 0) is 6.54 Å². The number of aromatic nitrogens is 1. The molecule has 0 saturated carbocycles. The highest BCUT2D eigenvalue weighted by Gasteiger charge is 2.09. The molecule has 1 rings (SSSR count). The minimum absolute atomic E-state index is 0. The van der Waals surface area contributed by atoms with Crippen molar-refractivity contribution in [3.63, 3.8) is 0 Å². The van der Waals surface area contributed by atoms with Crippen molar-refractivity contribution in [1.29, 1.82) is 0 Å². The van der Waals surface area contributed by atoms with Gasteiger partial charge in [-0.2, -0.15) is 0 Å². The molecule has 0 aromatic carbocycles. The van der Waals surface area contributed by atoms with Crippen molar-refractivity contribution in [3.8, 4) is 0 Å². The molecule has 0 radical (unpaired) electrons. The Morgan fingerprint density at radius 3 is 2.46 bits per heavy atom. The number of hydrogen-bond acceptors (Lipinski definition) is 4. The van der Waals surface area contributed by atoms with Crippen LogP contribution in [0.15, 0.2) is 4.99 Å². The standard InChI is InChI=1S/C17H33N5S.HI/c1-7-22(8-2)11-9-10-13(3)20-17(18-6)19-12-16-14(4)21-15(5)23-16;/h13H,7-12H2,1-6H3,(H2,18,19,20);1H. The highest BCUT2D eigenvalue weighted by atomic mass is 127. The molecule has 1 atom stereocenters. The predicted molar refractivity (Wildman–Crippen MR) is 117 cm³/mol. The van der Waals surface area contributed by atoms with Crippen LogP contribution in [0.1, 0.15) is 49.2 Å². The summed E-state index contributed by atoms with van der Waals surface area (Å²) in [6.45, 7) is 15.0. The lowest BCUT2D eigenvalue weighted by molar-refractivity contribution is 0.292. The first-order chi connectivity index (χ1) is 11.0. The molecule has 0 fully saturated rings. The molecule has 5 nitrogen and oxygen atoms in total. The molecule has 7 heteroatoms. The molecule has 0 spiro atoms. The number of nitrogens with one attached hydrogen (secondary N) is 2. The molecule has 1 unspecified atom stereocenters. The monoisotopic (exact) mass is 467 g/mol. The Hall–Kier alpha value is -0.410. The smallest absolute Gasteiger partial charge is 0.191 e. The fourth-order valence-corrected chi connectivity index (χ4v) is 3.44. The number of aliphatic imine (C=N–C) groups is 1. The summed E-state index contributed by atoms with van der Waals surface area (Å²) in [5.41, 5.74) is 1.11. The normalized spacial score (nSPS) is 12.9. The summed E-state index contributed by atoms with van der Waals surface area (Å²) in [6.07, 6.45) is 2.36. The zero-order valence-electron chi connectivity index (χ0n) is 16.0. The largest absolute Gasteiger partial charge is 0.354 e. The number of hydrogen-bond donors (Lipinski definition) is 2. The quantitative estimate of drug-likeness (QED) is 0.331. The number of guanidine groups is 1. The van der Waals surface area contributed by atoms with E-state index >= 15 is 0 Å². The lowest BCUT2D eigenvalue weighted by Gasteiger charge is -2.21. The van der Waals surface area contributed by atoms with Crippen molar-refractivity contribution in [2.75, 3.05) is 26.7 Å². The maximum absolute atomic E-state index is 4.46. The van der Waals surface area contributed by atoms with Crippen LogP contribution in [0.3, 0.4) is 0 Å². The topological polar surface area (TPSA) is 52.5 Å². The summed E-state index contributed by atoms with van der Waals surface area (Å²) < 4.78 is 0. The molecule has 0 saturated heterocycles. The molecule has 0 amide bonds. The Balaban J connectivity index is 0.00000529. The molecule has 1 heterocycles. The van der Waals surface area contributed by atoms with Gasteiger partial charge in [0.05, 0.1) is 17.2 Å². The van der Waals surface area contributed by atoms with Gasteiger partial charge in [-0.15, -0.1) is 35.3 Å². The molecule has 24 heavy (non-hydrogen) atoms. The van der Waals surface area contributed by atoms with Gasteiger partial charge in [0.1, 0.15) is 0 Å². The molecule has 0 aliphatic heterocycles. The minimum Gasteiger partial charge on any atom is -0.354 e. The van der Waals surface area contributed by atoms with Crippen LogP contribution in [-0.4, -0.2) is 48.6 Å². The molecular formula is C17H34IN5S. The van der Waals surface area contributed by atoms with Crippen molar-refractivity contribution < 1.29 is 0 Å². The average Bonchev–Trinajstić information content (AvgIpc) is 2.85. The third-order valence-corrected chi connectivity index (χ3v) is 5.10. The van der Waals surface area contributed by atoms with Gasteiger partial charge in [0.2, 0.25) is 0 Å². The highest BCUT2D eigenvalue weighted by molar-refractivity contribution is 14.0. The highest BCUT2D eigenvalue weighted by Crippen LogP contribution is 2.16. The number of rotatable bonds is 9. The second-order valence-electron chi connectivity index (χ2n) is 5.88. The lowest BCUT2D eigenvalue weighted by atomic mass is 10.2. The first-order valence-electron chi connectivity index (χ1n) is 8.62. The van der Waals surface area contributed by atoms with Gasteiger partial charge in [-0.25, -0.2) is 4.98 Å². The molecule has 1 aromatic heterocycles. The molecule has 0 aliphatic rings.